The van der Waals surface area contributed by atoms with Crippen molar-refractivity contribution in [3.05, 3.63) is 18.5 Å². The maximum atomic E-state index is 9.11. The Bertz CT molecular complexity index is 360. The lowest BCUT2D eigenvalue weighted by atomic mass is 9.81. The molecule has 0 aliphatic carbocycles. The van der Waals surface area contributed by atoms with E-state index in [1.54, 1.807) is 12.3 Å². The van der Waals surface area contributed by atoms with Crippen molar-refractivity contribution in [2.24, 2.45) is 0 Å². The number of hydrogen-bond donors (Lipinski definition) is 2. The van der Waals surface area contributed by atoms with E-state index >= 15 is 0 Å². The maximum absolute atomic E-state index is 9.11. The molecule has 86 valence electrons. The average Bonchev–Trinajstić information content (AvgIpc) is 2.30. The van der Waals surface area contributed by atoms with Gasteiger partial charge in [-0.25, -0.2) is 0 Å². The van der Waals surface area contributed by atoms with Crippen molar-refractivity contribution in [3.63, 3.8) is 0 Å². The largest absolute Gasteiger partial charge is 0.490 e. The van der Waals surface area contributed by atoms with E-state index in [1.807, 2.05) is 0 Å². The van der Waals surface area contributed by atoms with E-state index < -0.39 is 7.12 Å². The third-order valence-corrected chi connectivity index (χ3v) is 3.18. The molecule has 1 aromatic heterocycles. The van der Waals surface area contributed by atoms with Gasteiger partial charge in [-0.2, -0.15) is 0 Å². The van der Waals surface area contributed by atoms with Crippen LogP contribution in [0.4, 0.5) is 5.69 Å². The molecule has 5 heteroatoms. The van der Waals surface area contributed by atoms with Gasteiger partial charge in [-0.1, -0.05) is 0 Å². The third-order valence-electron chi connectivity index (χ3n) is 3.18. The van der Waals surface area contributed by atoms with Crippen molar-refractivity contribution in [1.29, 1.82) is 0 Å². The number of rotatable bonds is 2. The van der Waals surface area contributed by atoms with Gasteiger partial charge in [-0.05, 0) is 32.3 Å². The molecule has 1 aliphatic rings. The monoisotopic (exact) mass is 220 g/mol. The van der Waals surface area contributed by atoms with Gasteiger partial charge >= 0.3 is 7.12 Å². The second kappa shape index (κ2) is 4.85. The molecule has 1 unspecified atom stereocenters. The van der Waals surface area contributed by atoms with Crippen LogP contribution in [0.5, 0.6) is 0 Å². The first-order valence-electron chi connectivity index (χ1n) is 5.76. The van der Waals surface area contributed by atoms with Gasteiger partial charge in [0.05, 0.1) is 11.9 Å². The zero-order valence-electron chi connectivity index (χ0n) is 9.50. The third kappa shape index (κ3) is 2.36. The van der Waals surface area contributed by atoms with E-state index in [1.165, 1.54) is 25.5 Å². The molecular weight excluding hydrogens is 203 g/mol. The van der Waals surface area contributed by atoms with Crippen LogP contribution in [0.3, 0.4) is 0 Å². The zero-order chi connectivity index (χ0) is 11.5. The molecule has 4 nitrogen and oxygen atoms in total. The topological polar surface area (TPSA) is 56.6 Å². The summed E-state index contributed by atoms with van der Waals surface area (Å²) in [6.45, 7) is 3.22. The van der Waals surface area contributed by atoms with Crippen LogP contribution in [0.25, 0.3) is 0 Å². The fourth-order valence-corrected chi connectivity index (χ4v) is 2.22. The summed E-state index contributed by atoms with van der Waals surface area (Å²) < 4.78 is 0. The number of pyridine rings is 1. The van der Waals surface area contributed by atoms with Crippen molar-refractivity contribution < 1.29 is 10.0 Å². The van der Waals surface area contributed by atoms with Crippen LogP contribution in [-0.4, -0.2) is 34.7 Å². The molecule has 0 radical (unpaired) electrons. The summed E-state index contributed by atoms with van der Waals surface area (Å²) >= 11 is 0. The van der Waals surface area contributed by atoms with E-state index in [2.05, 4.69) is 16.8 Å². The second-order valence-electron chi connectivity index (χ2n) is 4.39. The Morgan fingerprint density at radius 3 is 2.88 bits per heavy atom. The molecule has 0 spiro atoms. The van der Waals surface area contributed by atoms with E-state index in [0.29, 0.717) is 11.5 Å². The van der Waals surface area contributed by atoms with Crippen molar-refractivity contribution >= 4 is 18.3 Å². The summed E-state index contributed by atoms with van der Waals surface area (Å²) in [5, 5.41) is 18.2. The number of nitrogens with zero attached hydrogens (tertiary/aromatic N) is 2. The van der Waals surface area contributed by atoms with Crippen molar-refractivity contribution in [2.75, 3.05) is 11.4 Å². The number of aromatic nitrogens is 1. The van der Waals surface area contributed by atoms with Crippen LogP contribution in [0.2, 0.25) is 0 Å². The molecule has 0 bridgehead atoms. The number of anilines is 1. The molecule has 2 heterocycles. The van der Waals surface area contributed by atoms with Crippen LogP contribution < -0.4 is 10.4 Å². The lowest BCUT2D eigenvalue weighted by molar-refractivity contribution is 0.425. The van der Waals surface area contributed by atoms with Gasteiger partial charge in [0.15, 0.2) is 0 Å². The molecule has 0 saturated carbocycles. The minimum absolute atomic E-state index is 0.454. The highest BCUT2D eigenvalue weighted by Gasteiger charge is 2.20. The van der Waals surface area contributed by atoms with E-state index in [0.717, 1.165) is 12.2 Å². The number of piperidine rings is 1. The van der Waals surface area contributed by atoms with Crippen LogP contribution in [0.15, 0.2) is 18.5 Å². The Morgan fingerprint density at radius 2 is 2.19 bits per heavy atom. The van der Waals surface area contributed by atoms with Crippen LogP contribution in [0.1, 0.15) is 26.2 Å². The summed E-state index contributed by atoms with van der Waals surface area (Å²) in [6, 6.07) is 2.31. The lowest BCUT2D eigenvalue weighted by Crippen LogP contribution is -2.39. The Balaban J connectivity index is 2.21. The first kappa shape index (κ1) is 11.4. The van der Waals surface area contributed by atoms with Crippen LogP contribution in [-0.2, 0) is 0 Å². The average molecular weight is 220 g/mol. The molecule has 2 N–H and O–H groups in total. The van der Waals surface area contributed by atoms with Crippen LogP contribution in [0, 0.1) is 0 Å². The molecule has 1 atom stereocenters. The molecule has 2 rings (SSSR count). The molecular formula is C11H17BN2O2. The Kier molecular flexibility index (Phi) is 3.46. The zero-order valence-corrected chi connectivity index (χ0v) is 9.50. The predicted octanol–water partition coefficient (Wildman–Crippen LogP) is 0.140. The lowest BCUT2D eigenvalue weighted by Gasteiger charge is -2.35. The smallest absolute Gasteiger partial charge is 0.423 e. The van der Waals surface area contributed by atoms with Crippen molar-refractivity contribution in [3.8, 4) is 0 Å². The standard InChI is InChI=1S/C11H17BN2O2/c1-9-4-2-3-5-14(9)11-6-10(12(15)16)7-13-8-11/h6-9,15-16H,2-5H2,1H3. The van der Waals surface area contributed by atoms with Gasteiger partial charge in [-0.15, -0.1) is 0 Å². The molecule has 0 aromatic carbocycles. The van der Waals surface area contributed by atoms with Gasteiger partial charge < -0.3 is 14.9 Å². The highest BCUT2D eigenvalue weighted by atomic mass is 16.4. The molecule has 1 aliphatic heterocycles. The molecule has 1 aromatic rings. The summed E-state index contributed by atoms with van der Waals surface area (Å²) in [5.41, 5.74) is 1.44. The van der Waals surface area contributed by atoms with Crippen molar-refractivity contribution in [2.45, 2.75) is 32.2 Å². The van der Waals surface area contributed by atoms with Gasteiger partial charge in [0.2, 0.25) is 0 Å². The fourth-order valence-electron chi connectivity index (χ4n) is 2.22. The number of hydrogen-bond acceptors (Lipinski definition) is 4. The minimum Gasteiger partial charge on any atom is -0.423 e. The predicted molar refractivity (Wildman–Crippen MR) is 64.7 cm³/mol. The Morgan fingerprint density at radius 1 is 1.38 bits per heavy atom. The van der Waals surface area contributed by atoms with E-state index in [4.69, 9.17) is 10.0 Å². The minimum atomic E-state index is -1.44. The van der Waals surface area contributed by atoms with Crippen molar-refractivity contribution in [1.82, 2.24) is 4.98 Å². The van der Waals surface area contributed by atoms with E-state index in [-0.39, 0.29) is 0 Å². The molecule has 1 fully saturated rings. The summed E-state index contributed by atoms with van der Waals surface area (Å²) in [6.07, 6.45) is 6.92. The Labute approximate surface area is 96.1 Å². The van der Waals surface area contributed by atoms with Gasteiger partial charge in [0, 0.05) is 24.2 Å². The Hall–Kier alpha value is -1.07. The highest BCUT2D eigenvalue weighted by Crippen LogP contribution is 2.22. The van der Waals surface area contributed by atoms with Crippen LogP contribution >= 0.6 is 0 Å². The first-order chi connectivity index (χ1) is 7.68. The van der Waals surface area contributed by atoms with Gasteiger partial charge in [0.1, 0.15) is 0 Å². The normalized spacial score (nSPS) is 20.9. The van der Waals surface area contributed by atoms with Gasteiger partial charge in [-0.3, -0.25) is 4.98 Å². The summed E-state index contributed by atoms with van der Waals surface area (Å²) in [4.78, 5) is 6.33. The molecule has 1 saturated heterocycles. The SMILES string of the molecule is CC1CCCCN1c1cncc(B(O)O)c1. The summed E-state index contributed by atoms with van der Waals surface area (Å²) in [7, 11) is -1.44. The fraction of sp³-hybridized carbons (Fsp3) is 0.545. The summed E-state index contributed by atoms with van der Waals surface area (Å²) in [5.74, 6) is 0. The molecule has 16 heavy (non-hydrogen) atoms. The van der Waals surface area contributed by atoms with Gasteiger partial charge in [0.25, 0.3) is 0 Å². The van der Waals surface area contributed by atoms with E-state index in [9.17, 15) is 0 Å². The first-order valence-corrected chi connectivity index (χ1v) is 5.76. The molecule has 0 amide bonds. The quantitative estimate of drug-likeness (QED) is 0.696. The maximum Gasteiger partial charge on any atom is 0.490 e. The highest BCUT2D eigenvalue weighted by molar-refractivity contribution is 6.58. The second-order valence-corrected chi connectivity index (χ2v) is 4.39.